The molecule has 2 aromatic carbocycles. The van der Waals surface area contributed by atoms with Crippen molar-refractivity contribution in [3.63, 3.8) is 0 Å². The zero-order valence-electron chi connectivity index (χ0n) is 13.2. The van der Waals surface area contributed by atoms with Gasteiger partial charge in [0.1, 0.15) is 6.42 Å². The summed E-state index contributed by atoms with van der Waals surface area (Å²) in [6.45, 7) is 0.296. The minimum atomic E-state index is -0.329. The molecule has 0 saturated heterocycles. The molecule has 124 valence electrons. The lowest BCUT2D eigenvalue weighted by atomic mass is 10.1. The SMILES string of the molecule is N#CCC(=O)NCc1cccc(NC(=O)c2ccc3nc[nH]c3c2)c1. The van der Waals surface area contributed by atoms with Crippen molar-refractivity contribution in [1.29, 1.82) is 5.26 Å². The molecule has 0 aliphatic carbocycles. The molecule has 2 amide bonds. The van der Waals surface area contributed by atoms with E-state index >= 15 is 0 Å². The van der Waals surface area contributed by atoms with Crippen LogP contribution in [0.1, 0.15) is 22.3 Å². The van der Waals surface area contributed by atoms with Crippen LogP contribution in [-0.4, -0.2) is 21.8 Å². The quantitative estimate of drug-likeness (QED) is 0.665. The Kier molecular flexibility index (Phi) is 4.72. The standard InChI is InChI=1S/C18H15N5O2/c19-7-6-17(24)20-10-12-2-1-3-14(8-12)23-18(25)13-4-5-15-16(9-13)22-11-21-15/h1-5,8-9,11H,6,10H2,(H,20,24)(H,21,22)(H,23,25). The average Bonchev–Trinajstić information content (AvgIpc) is 3.08. The van der Waals surface area contributed by atoms with E-state index in [1.54, 1.807) is 48.8 Å². The van der Waals surface area contributed by atoms with Gasteiger partial charge in [0.25, 0.3) is 5.91 Å². The fourth-order valence-electron chi connectivity index (χ4n) is 2.37. The number of rotatable bonds is 5. The van der Waals surface area contributed by atoms with Crippen LogP contribution in [0.15, 0.2) is 48.8 Å². The maximum Gasteiger partial charge on any atom is 0.255 e. The molecule has 1 heterocycles. The van der Waals surface area contributed by atoms with Crippen molar-refractivity contribution in [2.75, 3.05) is 5.32 Å². The van der Waals surface area contributed by atoms with Crippen molar-refractivity contribution in [1.82, 2.24) is 15.3 Å². The summed E-state index contributed by atoms with van der Waals surface area (Å²) in [7, 11) is 0. The minimum absolute atomic E-state index is 0.174. The van der Waals surface area contributed by atoms with E-state index in [0.29, 0.717) is 17.8 Å². The molecule has 1 aromatic heterocycles. The molecular weight excluding hydrogens is 318 g/mol. The van der Waals surface area contributed by atoms with Crippen LogP contribution in [0.2, 0.25) is 0 Å². The smallest absolute Gasteiger partial charge is 0.255 e. The number of hydrogen-bond donors (Lipinski definition) is 3. The summed E-state index contributed by atoms with van der Waals surface area (Å²) < 4.78 is 0. The highest BCUT2D eigenvalue weighted by atomic mass is 16.2. The van der Waals surface area contributed by atoms with Gasteiger partial charge in [0, 0.05) is 17.8 Å². The van der Waals surface area contributed by atoms with Crippen LogP contribution in [0.3, 0.4) is 0 Å². The molecule has 0 aliphatic rings. The van der Waals surface area contributed by atoms with E-state index in [0.717, 1.165) is 16.6 Å². The highest BCUT2D eigenvalue weighted by Gasteiger charge is 2.08. The molecule has 0 radical (unpaired) electrons. The number of nitrogens with zero attached hydrogens (tertiary/aromatic N) is 2. The molecule has 0 spiro atoms. The van der Waals surface area contributed by atoms with E-state index < -0.39 is 0 Å². The van der Waals surface area contributed by atoms with Gasteiger partial charge in [-0.05, 0) is 35.9 Å². The van der Waals surface area contributed by atoms with E-state index in [9.17, 15) is 9.59 Å². The second-order valence-corrected chi connectivity index (χ2v) is 5.40. The first-order valence-electron chi connectivity index (χ1n) is 7.63. The third-order valence-electron chi connectivity index (χ3n) is 3.60. The van der Waals surface area contributed by atoms with Gasteiger partial charge in [-0.15, -0.1) is 0 Å². The first kappa shape index (κ1) is 16.2. The molecule has 3 aromatic rings. The number of aromatic amines is 1. The molecule has 25 heavy (non-hydrogen) atoms. The number of hydrogen-bond acceptors (Lipinski definition) is 4. The third kappa shape index (κ3) is 4.00. The fourth-order valence-corrected chi connectivity index (χ4v) is 2.37. The Morgan fingerprint density at radius 3 is 2.92 bits per heavy atom. The zero-order valence-corrected chi connectivity index (χ0v) is 13.2. The highest BCUT2D eigenvalue weighted by molar-refractivity contribution is 6.05. The number of carbonyl (C=O) groups is 2. The lowest BCUT2D eigenvalue weighted by Gasteiger charge is -2.08. The number of amides is 2. The Balaban J connectivity index is 1.67. The first-order valence-corrected chi connectivity index (χ1v) is 7.63. The second kappa shape index (κ2) is 7.27. The van der Waals surface area contributed by atoms with Crippen LogP contribution in [0, 0.1) is 11.3 Å². The van der Waals surface area contributed by atoms with Crippen LogP contribution in [0.4, 0.5) is 5.69 Å². The topological polar surface area (TPSA) is 111 Å². The van der Waals surface area contributed by atoms with Crippen molar-refractivity contribution in [3.8, 4) is 6.07 Å². The largest absolute Gasteiger partial charge is 0.351 e. The number of nitriles is 1. The van der Waals surface area contributed by atoms with E-state index in [2.05, 4.69) is 20.6 Å². The Bertz CT molecular complexity index is 971. The molecule has 7 heteroatoms. The summed E-state index contributed by atoms with van der Waals surface area (Å²) in [5, 5.41) is 13.9. The number of nitrogens with one attached hydrogen (secondary N) is 3. The van der Waals surface area contributed by atoms with Crippen LogP contribution >= 0.6 is 0 Å². The number of fused-ring (bicyclic) bond motifs is 1. The van der Waals surface area contributed by atoms with Crippen molar-refractivity contribution in [3.05, 3.63) is 59.9 Å². The van der Waals surface area contributed by atoms with Gasteiger partial charge in [0.05, 0.1) is 23.4 Å². The summed E-state index contributed by atoms with van der Waals surface area (Å²) >= 11 is 0. The molecule has 3 N–H and O–H groups in total. The zero-order chi connectivity index (χ0) is 17.6. The third-order valence-corrected chi connectivity index (χ3v) is 3.60. The Morgan fingerprint density at radius 2 is 2.08 bits per heavy atom. The molecule has 0 unspecified atom stereocenters. The van der Waals surface area contributed by atoms with Gasteiger partial charge in [0.2, 0.25) is 5.91 Å². The molecule has 0 atom stereocenters. The Labute approximate surface area is 143 Å². The van der Waals surface area contributed by atoms with Crippen LogP contribution in [0.25, 0.3) is 11.0 Å². The monoisotopic (exact) mass is 333 g/mol. The summed E-state index contributed by atoms with van der Waals surface area (Å²) in [5.74, 6) is -0.563. The number of benzene rings is 2. The Hall–Kier alpha value is -3.66. The maximum atomic E-state index is 12.4. The molecular formula is C18H15N5O2. The highest BCUT2D eigenvalue weighted by Crippen LogP contribution is 2.15. The molecule has 0 fully saturated rings. The lowest BCUT2D eigenvalue weighted by molar-refractivity contribution is -0.120. The van der Waals surface area contributed by atoms with Crippen LogP contribution in [0.5, 0.6) is 0 Å². The Morgan fingerprint density at radius 1 is 1.20 bits per heavy atom. The van der Waals surface area contributed by atoms with Gasteiger partial charge < -0.3 is 15.6 Å². The molecule has 0 bridgehead atoms. The van der Waals surface area contributed by atoms with Crippen molar-refractivity contribution >= 4 is 28.5 Å². The predicted octanol–water partition coefficient (Wildman–Crippen LogP) is 2.35. The number of anilines is 1. The van der Waals surface area contributed by atoms with Gasteiger partial charge in [-0.1, -0.05) is 12.1 Å². The van der Waals surface area contributed by atoms with E-state index in [1.807, 2.05) is 6.07 Å². The predicted molar refractivity (Wildman–Crippen MR) is 92.6 cm³/mol. The average molecular weight is 333 g/mol. The summed E-state index contributed by atoms with van der Waals surface area (Å²) in [5.41, 5.74) is 3.56. The van der Waals surface area contributed by atoms with Crippen LogP contribution in [-0.2, 0) is 11.3 Å². The van der Waals surface area contributed by atoms with Crippen molar-refractivity contribution in [2.24, 2.45) is 0 Å². The summed E-state index contributed by atoms with van der Waals surface area (Å²) in [6.07, 6.45) is 1.41. The first-order chi connectivity index (χ1) is 12.2. The van der Waals surface area contributed by atoms with Crippen LogP contribution < -0.4 is 10.6 Å². The number of H-pyrrole nitrogens is 1. The van der Waals surface area contributed by atoms with E-state index in [4.69, 9.17) is 5.26 Å². The van der Waals surface area contributed by atoms with Crippen molar-refractivity contribution in [2.45, 2.75) is 13.0 Å². The fraction of sp³-hybridized carbons (Fsp3) is 0.111. The van der Waals surface area contributed by atoms with E-state index in [-0.39, 0.29) is 18.2 Å². The summed E-state index contributed by atoms with van der Waals surface area (Å²) in [6, 6.07) is 14.2. The van der Waals surface area contributed by atoms with Gasteiger partial charge in [-0.2, -0.15) is 5.26 Å². The van der Waals surface area contributed by atoms with Gasteiger partial charge >= 0.3 is 0 Å². The van der Waals surface area contributed by atoms with Gasteiger partial charge in [-0.3, -0.25) is 9.59 Å². The normalized spacial score (nSPS) is 10.2. The number of imidazole rings is 1. The van der Waals surface area contributed by atoms with Gasteiger partial charge in [0.15, 0.2) is 0 Å². The lowest BCUT2D eigenvalue weighted by Crippen LogP contribution is -2.22. The summed E-state index contributed by atoms with van der Waals surface area (Å²) in [4.78, 5) is 30.8. The maximum absolute atomic E-state index is 12.4. The molecule has 7 nitrogen and oxygen atoms in total. The number of carbonyl (C=O) groups excluding carboxylic acids is 2. The number of aromatic nitrogens is 2. The van der Waals surface area contributed by atoms with Crippen molar-refractivity contribution < 1.29 is 9.59 Å². The van der Waals surface area contributed by atoms with E-state index in [1.165, 1.54) is 0 Å². The molecule has 0 aliphatic heterocycles. The molecule has 3 rings (SSSR count). The van der Waals surface area contributed by atoms with Gasteiger partial charge in [-0.25, -0.2) is 4.98 Å². The minimum Gasteiger partial charge on any atom is -0.351 e. The molecule has 0 saturated carbocycles. The second-order valence-electron chi connectivity index (χ2n) is 5.40.